The molecular weight excluding hydrogens is 361 g/mol. The van der Waals surface area contributed by atoms with E-state index >= 15 is 0 Å². The van der Waals surface area contributed by atoms with Gasteiger partial charge in [0.2, 0.25) is 0 Å². The van der Waals surface area contributed by atoms with E-state index in [0.717, 1.165) is 35.7 Å². The van der Waals surface area contributed by atoms with E-state index in [-0.39, 0.29) is 0 Å². The number of hydrogen-bond acceptors (Lipinski definition) is 3. The lowest BCUT2D eigenvalue weighted by Crippen LogP contribution is -2.05. The fraction of sp³-hybridized carbons (Fsp3) is 0.167. The standard InChI is InChI=1S/C18H15Cl2N3S/c1-24-15-8-3-2-5-11(15)17-12-9-10-21-18(12)23(22-17)14-7-4-6-13(19)16(14)20/h2-8,21H,9-10H2,1H3. The summed E-state index contributed by atoms with van der Waals surface area (Å²) in [6.45, 7) is 0.903. The number of benzene rings is 2. The molecule has 3 aromatic rings. The van der Waals surface area contributed by atoms with Crippen molar-refractivity contribution < 1.29 is 0 Å². The highest BCUT2D eigenvalue weighted by Crippen LogP contribution is 2.39. The van der Waals surface area contributed by atoms with Gasteiger partial charge in [-0.2, -0.15) is 5.10 Å². The Balaban J connectivity index is 1.95. The van der Waals surface area contributed by atoms with Crippen molar-refractivity contribution in [2.45, 2.75) is 11.3 Å². The molecule has 1 aromatic heterocycles. The van der Waals surface area contributed by atoms with E-state index in [1.54, 1.807) is 17.8 Å². The van der Waals surface area contributed by atoms with Crippen molar-refractivity contribution in [3.63, 3.8) is 0 Å². The van der Waals surface area contributed by atoms with Gasteiger partial charge in [-0.25, -0.2) is 4.68 Å². The maximum Gasteiger partial charge on any atom is 0.133 e. The summed E-state index contributed by atoms with van der Waals surface area (Å²) in [5, 5.41) is 9.36. The predicted octanol–water partition coefficient (Wildman–Crippen LogP) is 5.54. The average molecular weight is 376 g/mol. The summed E-state index contributed by atoms with van der Waals surface area (Å²) < 4.78 is 1.88. The van der Waals surface area contributed by atoms with Gasteiger partial charge in [-0.15, -0.1) is 11.8 Å². The number of nitrogens with zero attached hydrogens (tertiary/aromatic N) is 2. The van der Waals surface area contributed by atoms with Crippen molar-refractivity contribution in [1.82, 2.24) is 9.78 Å². The number of anilines is 1. The highest BCUT2D eigenvalue weighted by atomic mass is 35.5. The molecule has 0 aliphatic carbocycles. The van der Waals surface area contributed by atoms with Gasteiger partial charge in [0.05, 0.1) is 21.4 Å². The normalized spacial score (nSPS) is 13.0. The Morgan fingerprint density at radius 3 is 2.79 bits per heavy atom. The molecule has 0 atom stereocenters. The van der Waals surface area contributed by atoms with Crippen LogP contribution >= 0.6 is 35.0 Å². The van der Waals surface area contributed by atoms with E-state index in [2.05, 4.69) is 35.8 Å². The van der Waals surface area contributed by atoms with Gasteiger partial charge >= 0.3 is 0 Å². The second-order valence-electron chi connectivity index (χ2n) is 5.54. The maximum absolute atomic E-state index is 6.42. The second kappa shape index (κ2) is 6.36. The molecule has 1 aliphatic heterocycles. The molecule has 0 amide bonds. The number of thioether (sulfide) groups is 1. The summed E-state index contributed by atoms with van der Waals surface area (Å²) in [6.07, 6.45) is 3.04. The SMILES string of the molecule is CSc1ccccc1-c1nn(-c2cccc(Cl)c2Cl)c2c1CCN2. The van der Waals surface area contributed by atoms with Crippen LogP contribution in [0.5, 0.6) is 0 Å². The molecule has 24 heavy (non-hydrogen) atoms. The minimum absolute atomic E-state index is 0.517. The number of rotatable bonds is 3. The van der Waals surface area contributed by atoms with Crippen molar-refractivity contribution in [3.8, 4) is 16.9 Å². The van der Waals surface area contributed by atoms with Gasteiger partial charge in [0.15, 0.2) is 0 Å². The zero-order chi connectivity index (χ0) is 16.7. The van der Waals surface area contributed by atoms with Crippen molar-refractivity contribution in [2.24, 2.45) is 0 Å². The van der Waals surface area contributed by atoms with E-state index in [9.17, 15) is 0 Å². The molecule has 0 saturated heterocycles. The molecule has 2 aromatic carbocycles. The van der Waals surface area contributed by atoms with Crippen molar-refractivity contribution in [2.75, 3.05) is 18.1 Å². The Kier molecular flexibility index (Phi) is 4.21. The van der Waals surface area contributed by atoms with Gasteiger partial charge < -0.3 is 5.32 Å². The first-order valence-electron chi connectivity index (χ1n) is 7.64. The fourth-order valence-corrected chi connectivity index (χ4v) is 4.04. The first-order chi connectivity index (χ1) is 11.7. The van der Waals surface area contributed by atoms with Crippen LogP contribution in [0.25, 0.3) is 16.9 Å². The van der Waals surface area contributed by atoms with E-state index in [1.807, 2.05) is 16.8 Å². The highest BCUT2D eigenvalue weighted by molar-refractivity contribution is 7.98. The monoisotopic (exact) mass is 375 g/mol. The number of fused-ring (bicyclic) bond motifs is 1. The molecule has 0 fully saturated rings. The first kappa shape index (κ1) is 15.9. The van der Waals surface area contributed by atoms with Crippen LogP contribution in [0.2, 0.25) is 10.0 Å². The van der Waals surface area contributed by atoms with E-state index < -0.39 is 0 Å². The van der Waals surface area contributed by atoms with Crippen molar-refractivity contribution in [3.05, 3.63) is 58.1 Å². The molecule has 0 spiro atoms. The van der Waals surface area contributed by atoms with Crippen LogP contribution in [0, 0.1) is 0 Å². The van der Waals surface area contributed by atoms with Crippen LogP contribution in [0.15, 0.2) is 47.4 Å². The quantitative estimate of drug-likeness (QED) is 0.609. The van der Waals surface area contributed by atoms with Gasteiger partial charge in [-0.05, 0) is 30.9 Å². The lowest BCUT2D eigenvalue weighted by molar-refractivity contribution is 0.881. The minimum atomic E-state index is 0.517. The van der Waals surface area contributed by atoms with Crippen LogP contribution in [0.4, 0.5) is 5.82 Å². The molecule has 4 rings (SSSR count). The fourth-order valence-electron chi connectivity index (χ4n) is 3.06. The molecule has 0 saturated carbocycles. The number of halogens is 2. The summed E-state index contributed by atoms with van der Waals surface area (Å²) in [4.78, 5) is 1.22. The summed E-state index contributed by atoms with van der Waals surface area (Å²) in [7, 11) is 0. The molecule has 3 nitrogen and oxygen atoms in total. The van der Waals surface area contributed by atoms with Crippen molar-refractivity contribution in [1.29, 1.82) is 0 Å². The molecule has 0 radical (unpaired) electrons. The summed E-state index contributed by atoms with van der Waals surface area (Å²) in [5.41, 5.74) is 4.19. The third-order valence-corrected chi connectivity index (χ3v) is 5.78. The molecule has 1 N–H and O–H groups in total. The van der Waals surface area contributed by atoms with Gasteiger partial charge in [0, 0.05) is 22.6 Å². The summed E-state index contributed by atoms with van der Waals surface area (Å²) in [6, 6.07) is 14.0. The van der Waals surface area contributed by atoms with Crippen LogP contribution in [-0.2, 0) is 6.42 Å². The zero-order valence-electron chi connectivity index (χ0n) is 13.0. The highest BCUT2D eigenvalue weighted by Gasteiger charge is 2.26. The second-order valence-corrected chi connectivity index (χ2v) is 7.17. The van der Waals surface area contributed by atoms with Crippen molar-refractivity contribution >= 4 is 40.8 Å². The number of hydrogen-bond donors (Lipinski definition) is 1. The van der Waals surface area contributed by atoms with Crippen LogP contribution in [-0.4, -0.2) is 22.6 Å². The van der Waals surface area contributed by atoms with E-state index in [4.69, 9.17) is 28.3 Å². The van der Waals surface area contributed by atoms with Gasteiger partial charge in [-0.3, -0.25) is 0 Å². The van der Waals surface area contributed by atoms with Crippen LogP contribution < -0.4 is 5.32 Å². The lowest BCUT2D eigenvalue weighted by Gasteiger charge is -2.09. The smallest absolute Gasteiger partial charge is 0.133 e. The Labute approximate surface area is 155 Å². The predicted molar refractivity (Wildman–Crippen MR) is 103 cm³/mol. The minimum Gasteiger partial charge on any atom is -0.369 e. The molecule has 0 unspecified atom stereocenters. The summed E-state index contributed by atoms with van der Waals surface area (Å²) in [5.74, 6) is 1.00. The average Bonchev–Trinajstić information content (AvgIpc) is 3.20. The van der Waals surface area contributed by atoms with Crippen LogP contribution in [0.3, 0.4) is 0 Å². The Morgan fingerprint density at radius 2 is 1.96 bits per heavy atom. The van der Waals surface area contributed by atoms with Crippen LogP contribution in [0.1, 0.15) is 5.56 Å². The van der Waals surface area contributed by atoms with E-state index in [0.29, 0.717) is 10.0 Å². The van der Waals surface area contributed by atoms with E-state index in [1.165, 1.54) is 10.5 Å². The van der Waals surface area contributed by atoms with Gasteiger partial charge in [0.25, 0.3) is 0 Å². The zero-order valence-corrected chi connectivity index (χ0v) is 15.3. The number of nitrogens with one attached hydrogen (secondary N) is 1. The molecule has 6 heteroatoms. The van der Waals surface area contributed by atoms with Gasteiger partial charge in [-0.1, -0.05) is 47.5 Å². The third kappa shape index (κ3) is 2.50. The molecule has 2 heterocycles. The molecule has 0 bridgehead atoms. The third-order valence-electron chi connectivity index (χ3n) is 4.17. The maximum atomic E-state index is 6.42. The first-order valence-corrected chi connectivity index (χ1v) is 9.62. The number of aromatic nitrogens is 2. The largest absolute Gasteiger partial charge is 0.369 e. The summed E-state index contributed by atoms with van der Waals surface area (Å²) >= 11 is 14.3. The lowest BCUT2D eigenvalue weighted by atomic mass is 10.1. The molecule has 122 valence electrons. The Hall–Kier alpha value is -1.62. The topological polar surface area (TPSA) is 29.9 Å². The Bertz CT molecular complexity index is 921. The Morgan fingerprint density at radius 1 is 1.12 bits per heavy atom. The molecular formula is C18H15Cl2N3S. The molecule has 1 aliphatic rings. The van der Waals surface area contributed by atoms with Gasteiger partial charge in [0.1, 0.15) is 5.82 Å².